The van der Waals surface area contributed by atoms with Crippen LogP contribution < -0.4 is 0 Å². The highest BCUT2D eigenvalue weighted by molar-refractivity contribution is 5.88. The molecular formula is C19H17N. The Morgan fingerprint density at radius 2 is 1.85 bits per heavy atom. The van der Waals surface area contributed by atoms with Gasteiger partial charge in [0.2, 0.25) is 0 Å². The van der Waals surface area contributed by atoms with Crippen LogP contribution in [0.4, 0.5) is 0 Å². The highest BCUT2D eigenvalue weighted by atomic mass is 14.6. The molecule has 1 heterocycles. The van der Waals surface area contributed by atoms with E-state index in [1.54, 1.807) is 0 Å². The zero-order valence-electron chi connectivity index (χ0n) is 11.6. The Kier molecular flexibility index (Phi) is 2.59. The number of nitrogens with zero attached hydrogens (tertiary/aromatic N) is 1. The smallest absolute Gasteiger partial charge is 0.0707 e. The van der Waals surface area contributed by atoms with Crippen LogP contribution in [0.2, 0.25) is 0 Å². The highest BCUT2D eigenvalue weighted by Gasteiger charge is 2.24. The molecule has 0 saturated heterocycles. The Morgan fingerprint density at radius 1 is 1.00 bits per heavy atom. The lowest BCUT2D eigenvalue weighted by Crippen LogP contribution is -2.12. The Bertz CT molecular complexity index is 774. The Hall–Kier alpha value is -2.15. The first-order chi connectivity index (χ1) is 9.84. The fraction of sp³-hybridized carbons (Fsp3) is 0.211. The molecule has 98 valence electrons. The molecule has 1 aliphatic rings. The number of aromatic nitrogens is 1. The summed E-state index contributed by atoms with van der Waals surface area (Å²) in [6.45, 7) is 2.23. The number of aryl methyl sites for hydroxylation is 2. The predicted octanol–water partition coefficient (Wildman–Crippen LogP) is 4.62. The Balaban J connectivity index is 2.03. The molecule has 0 bridgehead atoms. The van der Waals surface area contributed by atoms with Crippen LogP contribution in [0.1, 0.15) is 34.6 Å². The summed E-state index contributed by atoms with van der Waals surface area (Å²) in [6, 6.07) is 17.4. The standard InChI is InChI=1S/C19H17N/c1-13-7-10-17-19-15(11-12-20-17)8-9-16(18(13)19)14-5-3-2-4-6-14/h2-7,10-12,16H,8-9H2,1H3. The van der Waals surface area contributed by atoms with Crippen molar-refractivity contribution in [2.45, 2.75) is 25.7 Å². The third kappa shape index (κ3) is 1.66. The van der Waals surface area contributed by atoms with E-state index in [0.29, 0.717) is 5.92 Å². The number of hydrogen-bond acceptors (Lipinski definition) is 1. The van der Waals surface area contributed by atoms with Crippen molar-refractivity contribution in [3.63, 3.8) is 0 Å². The van der Waals surface area contributed by atoms with E-state index in [9.17, 15) is 0 Å². The first-order valence-corrected chi connectivity index (χ1v) is 7.26. The van der Waals surface area contributed by atoms with E-state index in [0.717, 1.165) is 11.9 Å². The molecule has 1 aromatic heterocycles. The first kappa shape index (κ1) is 11.7. The minimum absolute atomic E-state index is 0.511. The summed E-state index contributed by atoms with van der Waals surface area (Å²) in [5, 5.41) is 1.40. The molecule has 0 aliphatic heterocycles. The molecule has 1 aliphatic carbocycles. The molecule has 3 aromatic rings. The van der Waals surface area contributed by atoms with E-state index in [1.807, 2.05) is 6.20 Å². The van der Waals surface area contributed by atoms with E-state index < -0.39 is 0 Å². The van der Waals surface area contributed by atoms with Crippen molar-refractivity contribution in [3.05, 3.63) is 77.0 Å². The number of pyridine rings is 1. The average Bonchev–Trinajstić information content (AvgIpc) is 2.52. The van der Waals surface area contributed by atoms with Crippen molar-refractivity contribution >= 4 is 10.9 Å². The largest absolute Gasteiger partial charge is 0.256 e. The number of rotatable bonds is 1. The minimum Gasteiger partial charge on any atom is -0.256 e. The molecule has 4 rings (SSSR count). The molecule has 1 heteroatoms. The molecule has 20 heavy (non-hydrogen) atoms. The first-order valence-electron chi connectivity index (χ1n) is 7.26. The average molecular weight is 259 g/mol. The fourth-order valence-electron chi connectivity index (χ4n) is 3.57. The molecule has 2 aromatic carbocycles. The monoisotopic (exact) mass is 259 g/mol. The Labute approximate surface area is 119 Å². The van der Waals surface area contributed by atoms with Crippen molar-refractivity contribution in [3.8, 4) is 0 Å². The lowest BCUT2D eigenvalue weighted by molar-refractivity contribution is 0.700. The second kappa shape index (κ2) is 4.45. The van der Waals surface area contributed by atoms with Crippen LogP contribution in [0.15, 0.2) is 54.7 Å². The Morgan fingerprint density at radius 3 is 2.70 bits per heavy atom. The van der Waals surface area contributed by atoms with E-state index in [4.69, 9.17) is 0 Å². The van der Waals surface area contributed by atoms with E-state index in [1.165, 1.54) is 34.1 Å². The van der Waals surface area contributed by atoms with Crippen molar-refractivity contribution < 1.29 is 0 Å². The van der Waals surface area contributed by atoms with E-state index >= 15 is 0 Å². The number of hydrogen-bond donors (Lipinski definition) is 0. The molecule has 0 spiro atoms. The van der Waals surface area contributed by atoms with Gasteiger partial charge >= 0.3 is 0 Å². The summed E-state index contributed by atoms with van der Waals surface area (Å²) in [4.78, 5) is 4.55. The van der Waals surface area contributed by atoms with Crippen molar-refractivity contribution in [1.29, 1.82) is 0 Å². The molecule has 0 saturated carbocycles. The van der Waals surface area contributed by atoms with Crippen LogP contribution in [0.5, 0.6) is 0 Å². The second-order valence-corrected chi connectivity index (χ2v) is 5.66. The zero-order chi connectivity index (χ0) is 13.5. The van der Waals surface area contributed by atoms with Gasteiger partial charge in [0.25, 0.3) is 0 Å². The van der Waals surface area contributed by atoms with Crippen LogP contribution in [-0.4, -0.2) is 4.98 Å². The molecule has 0 N–H and O–H groups in total. The maximum absolute atomic E-state index is 4.55. The summed E-state index contributed by atoms with van der Waals surface area (Å²) < 4.78 is 0. The van der Waals surface area contributed by atoms with E-state index in [-0.39, 0.29) is 0 Å². The summed E-state index contributed by atoms with van der Waals surface area (Å²) in [7, 11) is 0. The summed E-state index contributed by atoms with van der Waals surface area (Å²) in [5.74, 6) is 0.511. The van der Waals surface area contributed by atoms with Gasteiger partial charge in [-0.1, -0.05) is 36.4 Å². The molecule has 0 amide bonds. The van der Waals surface area contributed by atoms with Gasteiger partial charge in [-0.15, -0.1) is 0 Å². The number of benzene rings is 2. The minimum atomic E-state index is 0.511. The molecule has 0 fully saturated rings. The van der Waals surface area contributed by atoms with Gasteiger partial charge in [0.15, 0.2) is 0 Å². The summed E-state index contributed by atoms with van der Waals surface area (Å²) in [5.41, 5.74) is 6.91. The van der Waals surface area contributed by atoms with Gasteiger partial charge in [-0.05, 0) is 54.2 Å². The van der Waals surface area contributed by atoms with Crippen LogP contribution in [0, 0.1) is 6.92 Å². The third-order valence-corrected chi connectivity index (χ3v) is 4.50. The molecular weight excluding hydrogens is 242 g/mol. The van der Waals surface area contributed by atoms with E-state index in [2.05, 4.69) is 60.4 Å². The summed E-state index contributed by atoms with van der Waals surface area (Å²) in [6.07, 6.45) is 4.29. The lowest BCUT2D eigenvalue weighted by atomic mass is 9.77. The summed E-state index contributed by atoms with van der Waals surface area (Å²) >= 11 is 0. The lowest BCUT2D eigenvalue weighted by Gasteiger charge is -2.27. The van der Waals surface area contributed by atoms with Crippen LogP contribution in [0.25, 0.3) is 10.9 Å². The van der Waals surface area contributed by atoms with Gasteiger partial charge < -0.3 is 0 Å². The molecule has 1 atom stereocenters. The quantitative estimate of drug-likeness (QED) is 0.621. The maximum Gasteiger partial charge on any atom is 0.0707 e. The fourth-order valence-corrected chi connectivity index (χ4v) is 3.57. The topological polar surface area (TPSA) is 12.9 Å². The van der Waals surface area contributed by atoms with Crippen molar-refractivity contribution in [2.75, 3.05) is 0 Å². The van der Waals surface area contributed by atoms with Crippen molar-refractivity contribution in [1.82, 2.24) is 4.98 Å². The van der Waals surface area contributed by atoms with Gasteiger partial charge in [-0.3, -0.25) is 4.98 Å². The van der Waals surface area contributed by atoms with Crippen LogP contribution in [0.3, 0.4) is 0 Å². The highest BCUT2D eigenvalue weighted by Crippen LogP contribution is 2.41. The third-order valence-electron chi connectivity index (χ3n) is 4.50. The van der Waals surface area contributed by atoms with Crippen molar-refractivity contribution in [2.24, 2.45) is 0 Å². The van der Waals surface area contributed by atoms with Gasteiger partial charge in [-0.2, -0.15) is 0 Å². The van der Waals surface area contributed by atoms with Crippen LogP contribution >= 0.6 is 0 Å². The van der Waals surface area contributed by atoms with Gasteiger partial charge in [-0.25, -0.2) is 0 Å². The van der Waals surface area contributed by atoms with Gasteiger partial charge in [0, 0.05) is 17.5 Å². The normalized spacial score (nSPS) is 17.4. The van der Waals surface area contributed by atoms with Crippen LogP contribution in [-0.2, 0) is 6.42 Å². The van der Waals surface area contributed by atoms with Gasteiger partial charge in [0.05, 0.1) is 5.52 Å². The molecule has 1 unspecified atom stereocenters. The second-order valence-electron chi connectivity index (χ2n) is 5.66. The van der Waals surface area contributed by atoms with Gasteiger partial charge in [0.1, 0.15) is 0 Å². The SMILES string of the molecule is Cc1ccc2nccc3c2c1C(c1ccccc1)CC3. The zero-order valence-corrected chi connectivity index (χ0v) is 11.6. The predicted molar refractivity (Wildman–Crippen MR) is 83.1 cm³/mol. The molecule has 1 nitrogen and oxygen atoms in total. The maximum atomic E-state index is 4.55. The molecule has 0 radical (unpaired) electrons.